The highest BCUT2D eigenvalue weighted by Crippen LogP contribution is 2.20. The molecule has 3 fully saturated rings. The number of ether oxygens (including phenoxy) is 1. The second-order valence-electron chi connectivity index (χ2n) is 9.22. The van der Waals surface area contributed by atoms with E-state index < -0.39 is 6.04 Å². The van der Waals surface area contributed by atoms with Crippen LogP contribution in [0.3, 0.4) is 0 Å². The molecule has 1 unspecified atom stereocenters. The molecule has 0 radical (unpaired) electrons. The molecule has 1 aromatic heterocycles. The van der Waals surface area contributed by atoms with Gasteiger partial charge in [-0.2, -0.15) is 0 Å². The Bertz CT molecular complexity index is 1040. The Kier molecular flexibility index (Phi) is 6.67. The predicted molar refractivity (Wildman–Crippen MR) is 126 cm³/mol. The summed E-state index contributed by atoms with van der Waals surface area (Å²) in [6, 6.07) is 2.43. The van der Waals surface area contributed by atoms with E-state index >= 15 is 0 Å². The van der Waals surface area contributed by atoms with E-state index in [1.165, 1.54) is 23.1 Å². The standard InChI is InChI=1S/C23H32N7O5/c1-25-20-19(22(32)26(2)23(25)33)30(10-7-27-11-14-34-15-12-27)18(24-20)16-28-5-8-29(9-6-28)21(31)17-4-3-13-35-17/h3-4,13,19H,5-12,14-16H2,1-2H3/q+1. The molecule has 35 heavy (non-hydrogen) atoms. The molecule has 0 spiro atoms. The molecule has 4 aliphatic heterocycles. The number of piperazine rings is 1. The lowest BCUT2D eigenvalue weighted by molar-refractivity contribution is -0.536. The number of amides is 4. The number of amidine groups is 2. The fraction of sp³-hybridized carbons (Fsp3) is 0.609. The average Bonchev–Trinajstić information content (AvgIpc) is 3.54. The van der Waals surface area contributed by atoms with Gasteiger partial charge >= 0.3 is 11.9 Å². The first-order valence-corrected chi connectivity index (χ1v) is 12.1. The predicted octanol–water partition coefficient (Wildman–Crippen LogP) is -0.915. The molecule has 12 nitrogen and oxygen atoms in total. The first-order chi connectivity index (χ1) is 16.9. The van der Waals surface area contributed by atoms with Crippen molar-refractivity contribution in [2.45, 2.75) is 6.04 Å². The van der Waals surface area contributed by atoms with Gasteiger partial charge in [0.05, 0.1) is 26.0 Å². The van der Waals surface area contributed by atoms with E-state index in [9.17, 15) is 14.4 Å². The number of hydrogen-bond acceptors (Lipinski definition) is 8. The average molecular weight is 487 g/mol. The van der Waals surface area contributed by atoms with Crippen LogP contribution in [0.15, 0.2) is 27.8 Å². The molecule has 4 aliphatic rings. The van der Waals surface area contributed by atoms with Crippen LogP contribution < -0.4 is 0 Å². The zero-order valence-electron chi connectivity index (χ0n) is 20.3. The van der Waals surface area contributed by atoms with Crippen molar-refractivity contribution in [2.24, 2.45) is 4.99 Å². The van der Waals surface area contributed by atoms with Gasteiger partial charge in [0.15, 0.2) is 5.76 Å². The third kappa shape index (κ3) is 4.60. The zero-order chi connectivity index (χ0) is 24.5. The highest BCUT2D eigenvalue weighted by atomic mass is 16.5. The number of nitrogens with zero attached hydrogens (tertiary/aromatic N) is 7. The third-order valence-electron chi connectivity index (χ3n) is 7.13. The number of rotatable bonds is 6. The third-order valence-corrected chi connectivity index (χ3v) is 7.13. The van der Waals surface area contributed by atoms with Crippen molar-refractivity contribution in [2.75, 3.05) is 86.2 Å². The van der Waals surface area contributed by atoms with Gasteiger partial charge < -0.3 is 14.1 Å². The van der Waals surface area contributed by atoms with Crippen LogP contribution in [0.1, 0.15) is 10.6 Å². The molecule has 188 valence electrons. The Labute approximate surface area is 204 Å². The summed E-state index contributed by atoms with van der Waals surface area (Å²) < 4.78 is 12.8. The second-order valence-corrected chi connectivity index (χ2v) is 9.22. The molecule has 0 bridgehead atoms. The van der Waals surface area contributed by atoms with Crippen molar-refractivity contribution >= 4 is 29.5 Å². The van der Waals surface area contributed by atoms with Crippen LogP contribution in [0.4, 0.5) is 4.79 Å². The van der Waals surface area contributed by atoms with Gasteiger partial charge in [0.25, 0.3) is 23.7 Å². The van der Waals surface area contributed by atoms with E-state index in [1.54, 1.807) is 24.1 Å². The normalized spacial score (nSPS) is 24.3. The van der Waals surface area contributed by atoms with Gasteiger partial charge in [-0.05, 0) is 17.1 Å². The molecule has 0 N–H and O–H groups in total. The number of carbonyl (C=O) groups excluding carboxylic acids is 3. The van der Waals surface area contributed by atoms with Gasteiger partial charge in [-0.25, -0.2) is 9.37 Å². The van der Waals surface area contributed by atoms with E-state index in [4.69, 9.17) is 14.1 Å². The largest absolute Gasteiger partial charge is 0.459 e. The smallest absolute Gasteiger partial charge is 0.333 e. The van der Waals surface area contributed by atoms with Crippen molar-refractivity contribution in [1.82, 2.24) is 24.5 Å². The van der Waals surface area contributed by atoms with Crippen LogP contribution in [0.2, 0.25) is 0 Å². The number of morpholine rings is 1. The van der Waals surface area contributed by atoms with Crippen LogP contribution in [0.5, 0.6) is 0 Å². The maximum Gasteiger partial charge on any atom is 0.333 e. The minimum absolute atomic E-state index is 0.102. The molecule has 12 heteroatoms. The lowest BCUT2D eigenvalue weighted by Crippen LogP contribution is -2.62. The van der Waals surface area contributed by atoms with Gasteiger partial charge in [-0.3, -0.25) is 29.2 Å². The van der Waals surface area contributed by atoms with Gasteiger partial charge in [-0.1, -0.05) is 0 Å². The van der Waals surface area contributed by atoms with E-state index in [0.717, 1.165) is 25.5 Å². The molecule has 0 aromatic carbocycles. The second kappa shape index (κ2) is 9.88. The minimum atomic E-state index is -0.597. The summed E-state index contributed by atoms with van der Waals surface area (Å²) in [6.45, 7) is 7.64. The zero-order valence-corrected chi connectivity index (χ0v) is 20.3. The number of hydrogen-bond donors (Lipinski definition) is 0. The highest BCUT2D eigenvalue weighted by Gasteiger charge is 2.53. The molecule has 5 rings (SSSR count). The Morgan fingerprint density at radius 2 is 1.80 bits per heavy atom. The number of urea groups is 1. The Hall–Kier alpha value is -3.09. The number of fused-ring (bicyclic) bond motifs is 1. The number of imide groups is 1. The molecule has 0 aliphatic carbocycles. The fourth-order valence-corrected chi connectivity index (χ4v) is 4.97. The van der Waals surface area contributed by atoms with E-state index in [1.807, 2.05) is 4.58 Å². The minimum Gasteiger partial charge on any atom is -0.459 e. The lowest BCUT2D eigenvalue weighted by atomic mass is 10.1. The van der Waals surface area contributed by atoms with Crippen molar-refractivity contribution < 1.29 is 28.1 Å². The maximum absolute atomic E-state index is 13.1. The SMILES string of the molecule is CN1C(=O)C2C(=NC(CN3CCN(C(=O)c4ccco4)CC3)=[N+]2CCN2CCOCC2)N(C)C1=O. The van der Waals surface area contributed by atoms with Gasteiger partial charge in [0, 0.05) is 59.9 Å². The van der Waals surface area contributed by atoms with Crippen LogP contribution in [0, 0.1) is 0 Å². The highest BCUT2D eigenvalue weighted by molar-refractivity contribution is 6.23. The van der Waals surface area contributed by atoms with Crippen molar-refractivity contribution in [1.29, 1.82) is 0 Å². The summed E-state index contributed by atoms with van der Waals surface area (Å²) >= 11 is 0. The molecular weight excluding hydrogens is 454 g/mol. The summed E-state index contributed by atoms with van der Waals surface area (Å²) in [5.74, 6) is 1.27. The van der Waals surface area contributed by atoms with E-state index in [2.05, 4.69) is 9.80 Å². The molecule has 5 heterocycles. The molecule has 0 saturated carbocycles. The molecular formula is C23H32N7O5+. The lowest BCUT2D eigenvalue weighted by Gasteiger charge is -2.33. The Morgan fingerprint density at radius 3 is 2.49 bits per heavy atom. The summed E-state index contributed by atoms with van der Waals surface area (Å²) in [4.78, 5) is 52.0. The van der Waals surface area contributed by atoms with Crippen molar-refractivity contribution in [3.63, 3.8) is 0 Å². The monoisotopic (exact) mass is 486 g/mol. The van der Waals surface area contributed by atoms with Crippen LogP contribution in [0.25, 0.3) is 0 Å². The van der Waals surface area contributed by atoms with Crippen LogP contribution in [-0.4, -0.2) is 151 Å². The Balaban J connectivity index is 1.31. The summed E-state index contributed by atoms with van der Waals surface area (Å²) in [5.41, 5.74) is 0. The molecule has 1 aromatic rings. The molecule has 3 saturated heterocycles. The summed E-state index contributed by atoms with van der Waals surface area (Å²) in [6.07, 6.45) is 1.50. The summed E-state index contributed by atoms with van der Waals surface area (Å²) in [5, 5.41) is 0. The first kappa shape index (κ1) is 23.6. The summed E-state index contributed by atoms with van der Waals surface area (Å²) in [7, 11) is 3.19. The fourth-order valence-electron chi connectivity index (χ4n) is 4.97. The van der Waals surface area contributed by atoms with E-state index in [-0.39, 0.29) is 17.8 Å². The van der Waals surface area contributed by atoms with Crippen molar-refractivity contribution in [3.05, 3.63) is 24.2 Å². The number of furan rings is 1. The Morgan fingerprint density at radius 1 is 1.06 bits per heavy atom. The van der Waals surface area contributed by atoms with E-state index in [0.29, 0.717) is 64.1 Å². The quantitative estimate of drug-likeness (QED) is 0.479. The molecule has 4 amide bonds. The van der Waals surface area contributed by atoms with Crippen molar-refractivity contribution in [3.8, 4) is 0 Å². The number of likely N-dealkylation sites (N-methyl/N-ethyl adjacent to an activating group) is 2. The van der Waals surface area contributed by atoms with Gasteiger partial charge in [0.1, 0.15) is 6.54 Å². The first-order valence-electron chi connectivity index (χ1n) is 12.1. The number of aliphatic imine (C=N–C) groups is 1. The van der Waals surface area contributed by atoms with Gasteiger partial charge in [0.2, 0.25) is 0 Å². The van der Waals surface area contributed by atoms with Crippen LogP contribution in [-0.2, 0) is 9.53 Å². The van der Waals surface area contributed by atoms with Crippen LogP contribution >= 0.6 is 0 Å². The topological polar surface area (TPSA) is 105 Å². The maximum atomic E-state index is 13.1. The number of carbonyl (C=O) groups is 3. The van der Waals surface area contributed by atoms with Gasteiger partial charge in [-0.15, -0.1) is 0 Å². The molecule has 1 atom stereocenters.